The van der Waals surface area contributed by atoms with Gasteiger partial charge in [0.2, 0.25) is 0 Å². The number of hydrogen-bond acceptors (Lipinski definition) is 3. The third-order valence-corrected chi connectivity index (χ3v) is 2.46. The van der Waals surface area contributed by atoms with Crippen molar-refractivity contribution in [2.24, 2.45) is 4.99 Å². The molecule has 76 valence electrons. The van der Waals surface area contributed by atoms with Gasteiger partial charge < -0.3 is 9.88 Å². The van der Waals surface area contributed by atoms with Crippen molar-refractivity contribution in [3.63, 3.8) is 0 Å². The molecule has 1 aromatic heterocycles. The standard InChI is InChI=1S/C10H16N4/c1-6(2)14-5-11-9-7(3)12-8(4)13-10(9)14/h5-7H,1-4H3,(H,12,13). The summed E-state index contributed by atoms with van der Waals surface area (Å²) in [7, 11) is 0. The van der Waals surface area contributed by atoms with Gasteiger partial charge in [-0.2, -0.15) is 0 Å². The predicted molar refractivity (Wildman–Crippen MR) is 57.8 cm³/mol. The molecule has 1 N–H and O–H groups in total. The number of nitrogens with zero attached hydrogens (tertiary/aromatic N) is 3. The second kappa shape index (κ2) is 3.12. The van der Waals surface area contributed by atoms with Crippen molar-refractivity contribution in [1.82, 2.24) is 9.55 Å². The Hall–Kier alpha value is -1.32. The van der Waals surface area contributed by atoms with Crippen LogP contribution in [0, 0.1) is 0 Å². The highest BCUT2D eigenvalue weighted by molar-refractivity contribution is 5.95. The van der Waals surface area contributed by atoms with E-state index in [9.17, 15) is 0 Å². The van der Waals surface area contributed by atoms with Crippen LogP contribution in [-0.2, 0) is 0 Å². The third-order valence-electron chi connectivity index (χ3n) is 2.46. The van der Waals surface area contributed by atoms with Gasteiger partial charge in [0, 0.05) is 6.04 Å². The summed E-state index contributed by atoms with van der Waals surface area (Å²) in [5, 5.41) is 3.27. The molecule has 0 radical (unpaired) electrons. The van der Waals surface area contributed by atoms with Crippen molar-refractivity contribution in [3.05, 3.63) is 12.0 Å². The summed E-state index contributed by atoms with van der Waals surface area (Å²) in [6.07, 6.45) is 1.88. The van der Waals surface area contributed by atoms with Gasteiger partial charge in [-0.1, -0.05) is 0 Å². The number of aliphatic imine (C=N–C) groups is 1. The molecule has 1 atom stereocenters. The van der Waals surface area contributed by atoms with Crippen LogP contribution < -0.4 is 5.32 Å². The monoisotopic (exact) mass is 192 g/mol. The van der Waals surface area contributed by atoms with Gasteiger partial charge in [-0.3, -0.25) is 4.99 Å². The number of nitrogens with one attached hydrogen (secondary N) is 1. The van der Waals surface area contributed by atoms with E-state index in [0.29, 0.717) is 6.04 Å². The lowest BCUT2D eigenvalue weighted by Gasteiger charge is -2.20. The molecule has 0 aromatic carbocycles. The van der Waals surface area contributed by atoms with Crippen molar-refractivity contribution < 1.29 is 0 Å². The van der Waals surface area contributed by atoms with E-state index < -0.39 is 0 Å². The number of aromatic nitrogens is 2. The van der Waals surface area contributed by atoms with Crippen molar-refractivity contribution in [2.45, 2.75) is 39.8 Å². The van der Waals surface area contributed by atoms with Crippen LogP contribution >= 0.6 is 0 Å². The van der Waals surface area contributed by atoms with Gasteiger partial charge in [-0.15, -0.1) is 0 Å². The number of anilines is 1. The van der Waals surface area contributed by atoms with Crippen LogP contribution in [-0.4, -0.2) is 15.4 Å². The summed E-state index contributed by atoms with van der Waals surface area (Å²) in [5.41, 5.74) is 1.05. The largest absolute Gasteiger partial charge is 0.329 e. The average Bonchev–Trinajstić information content (AvgIpc) is 2.47. The van der Waals surface area contributed by atoms with Gasteiger partial charge in [0.05, 0.1) is 18.2 Å². The lowest BCUT2D eigenvalue weighted by Crippen LogP contribution is -2.19. The average molecular weight is 192 g/mol. The summed E-state index contributed by atoms with van der Waals surface area (Å²) in [6, 6.07) is 0.600. The highest BCUT2D eigenvalue weighted by atomic mass is 15.2. The SMILES string of the molecule is CC1=NC(C)c2ncn(C(C)C)c2N1. The zero-order chi connectivity index (χ0) is 10.3. The maximum atomic E-state index is 4.43. The summed E-state index contributed by atoms with van der Waals surface area (Å²) in [5.74, 6) is 2.06. The summed E-state index contributed by atoms with van der Waals surface area (Å²) in [4.78, 5) is 8.81. The summed E-state index contributed by atoms with van der Waals surface area (Å²) in [6.45, 7) is 8.35. The Bertz CT molecular complexity index is 375. The second-order valence-corrected chi connectivity index (χ2v) is 3.99. The van der Waals surface area contributed by atoms with Gasteiger partial charge in [0.15, 0.2) is 0 Å². The van der Waals surface area contributed by atoms with Crippen LogP contribution in [0.15, 0.2) is 11.3 Å². The lowest BCUT2D eigenvalue weighted by molar-refractivity contribution is 0.605. The van der Waals surface area contributed by atoms with Crippen molar-refractivity contribution in [2.75, 3.05) is 5.32 Å². The van der Waals surface area contributed by atoms with Crippen LogP contribution in [0.5, 0.6) is 0 Å². The van der Waals surface area contributed by atoms with Gasteiger partial charge >= 0.3 is 0 Å². The zero-order valence-corrected chi connectivity index (χ0v) is 9.07. The topological polar surface area (TPSA) is 42.2 Å². The number of fused-ring (bicyclic) bond motifs is 1. The van der Waals surface area contributed by atoms with E-state index in [2.05, 4.69) is 40.6 Å². The fraction of sp³-hybridized carbons (Fsp3) is 0.600. The molecule has 0 amide bonds. The minimum absolute atomic E-state index is 0.172. The maximum absolute atomic E-state index is 4.43. The normalized spacial score (nSPS) is 20.4. The molecule has 14 heavy (non-hydrogen) atoms. The number of rotatable bonds is 1. The molecule has 2 heterocycles. The fourth-order valence-corrected chi connectivity index (χ4v) is 1.76. The molecule has 0 saturated carbocycles. The van der Waals surface area contributed by atoms with Crippen molar-refractivity contribution in [1.29, 1.82) is 0 Å². The smallest absolute Gasteiger partial charge is 0.137 e. The Labute approximate surface area is 84.1 Å². The Morgan fingerprint density at radius 3 is 2.86 bits per heavy atom. The van der Waals surface area contributed by atoms with E-state index in [4.69, 9.17) is 0 Å². The van der Waals surface area contributed by atoms with Crippen molar-refractivity contribution >= 4 is 11.7 Å². The first kappa shape index (κ1) is 9.24. The van der Waals surface area contributed by atoms with Gasteiger partial charge in [-0.05, 0) is 27.7 Å². The van der Waals surface area contributed by atoms with E-state index in [1.54, 1.807) is 0 Å². The number of imidazole rings is 1. The van der Waals surface area contributed by atoms with E-state index in [0.717, 1.165) is 17.3 Å². The molecule has 1 aliphatic rings. The fourth-order valence-electron chi connectivity index (χ4n) is 1.76. The van der Waals surface area contributed by atoms with E-state index in [1.165, 1.54) is 0 Å². The maximum Gasteiger partial charge on any atom is 0.137 e. The lowest BCUT2D eigenvalue weighted by atomic mass is 10.2. The highest BCUT2D eigenvalue weighted by Gasteiger charge is 2.21. The Morgan fingerprint density at radius 1 is 1.50 bits per heavy atom. The Morgan fingerprint density at radius 2 is 2.21 bits per heavy atom. The molecule has 0 saturated heterocycles. The molecular weight excluding hydrogens is 176 g/mol. The molecule has 0 fully saturated rings. The van der Waals surface area contributed by atoms with Crippen LogP contribution in [0.4, 0.5) is 5.82 Å². The zero-order valence-electron chi connectivity index (χ0n) is 9.07. The van der Waals surface area contributed by atoms with E-state index >= 15 is 0 Å². The molecule has 1 unspecified atom stereocenters. The van der Waals surface area contributed by atoms with Gasteiger partial charge in [0.25, 0.3) is 0 Å². The minimum Gasteiger partial charge on any atom is -0.329 e. The molecule has 4 nitrogen and oxygen atoms in total. The number of hydrogen-bond donors (Lipinski definition) is 1. The molecule has 0 spiro atoms. The molecule has 0 aliphatic carbocycles. The van der Waals surface area contributed by atoms with Crippen LogP contribution in [0.3, 0.4) is 0 Å². The Balaban J connectivity index is 2.46. The molecule has 4 heteroatoms. The van der Waals surface area contributed by atoms with Crippen LogP contribution in [0.25, 0.3) is 0 Å². The van der Waals surface area contributed by atoms with E-state index in [1.807, 2.05) is 13.3 Å². The van der Waals surface area contributed by atoms with Crippen molar-refractivity contribution in [3.8, 4) is 0 Å². The molecular formula is C10H16N4. The second-order valence-electron chi connectivity index (χ2n) is 3.99. The first-order chi connectivity index (χ1) is 6.59. The first-order valence-corrected chi connectivity index (χ1v) is 4.97. The van der Waals surface area contributed by atoms with Crippen LogP contribution in [0.2, 0.25) is 0 Å². The quantitative estimate of drug-likeness (QED) is 0.742. The third kappa shape index (κ3) is 1.31. The highest BCUT2D eigenvalue weighted by Crippen LogP contribution is 2.29. The minimum atomic E-state index is 0.172. The molecule has 1 aliphatic heterocycles. The molecule has 1 aromatic rings. The van der Waals surface area contributed by atoms with E-state index in [-0.39, 0.29) is 6.04 Å². The summed E-state index contributed by atoms with van der Waals surface area (Å²) >= 11 is 0. The van der Waals surface area contributed by atoms with Crippen LogP contribution in [0.1, 0.15) is 45.5 Å². The Kier molecular flexibility index (Phi) is 2.06. The molecule has 2 rings (SSSR count). The van der Waals surface area contributed by atoms with Gasteiger partial charge in [-0.25, -0.2) is 4.98 Å². The predicted octanol–water partition coefficient (Wildman–Crippen LogP) is 2.37. The van der Waals surface area contributed by atoms with Gasteiger partial charge in [0.1, 0.15) is 11.5 Å². The number of amidine groups is 1. The summed E-state index contributed by atoms with van der Waals surface area (Å²) < 4.78 is 2.14. The first-order valence-electron chi connectivity index (χ1n) is 4.97. The molecule has 0 bridgehead atoms.